The topological polar surface area (TPSA) is 46.5 Å². The van der Waals surface area contributed by atoms with Crippen molar-refractivity contribution in [2.75, 3.05) is 0 Å². The number of rotatable bonds is 2. The Morgan fingerprint density at radius 1 is 1.32 bits per heavy atom. The van der Waals surface area contributed by atoms with Crippen molar-refractivity contribution in [2.24, 2.45) is 0 Å². The first-order chi connectivity index (χ1) is 9.13. The summed E-state index contributed by atoms with van der Waals surface area (Å²) >= 11 is 0. The smallest absolute Gasteiger partial charge is 0.314 e. The summed E-state index contributed by atoms with van der Waals surface area (Å²) in [7, 11) is 0. The molecule has 1 N–H and O–H groups in total. The second-order valence-corrected chi connectivity index (χ2v) is 5.87. The fourth-order valence-electron chi connectivity index (χ4n) is 3.57. The summed E-state index contributed by atoms with van der Waals surface area (Å²) in [5.41, 5.74) is 1.34. The lowest BCUT2D eigenvalue weighted by Crippen LogP contribution is -2.38. The van der Waals surface area contributed by atoms with Gasteiger partial charge in [-0.15, -0.1) is 0 Å². The SMILES string of the molecule is CC1Cc2cccc(C3(C(=O)O)CCCCC3)c2O1. The summed E-state index contributed by atoms with van der Waals surface area (Å²) < 4.78 is 5.90. The Balaban J connectivity index is 2.10. The zero-order chi connectivity index (χ0) is 13.5. The van der Waals surface area contributed by atoms with Gasteiger partial charge in [0.25, 0.3) is 0 Å². The molecule has 1 saturated carbocycles. The van der Waals surface area contributed by atoms with Gasteiger partial charge in [0.15, 0.2) is 0 Å². The minimum atomic E-state index is -0.729. The molecule has 1 aromatic carbocycles. The molecule has 0 bridgehead atoms. The number of carboxylic acids is 1. The number of fused-ring (bicyclic) bond motifs is 1. The number of ether oxygens (including phenoxy) is 1. The van der Waals surface area contributed by atoms with Crippen LogP contribution in [0.25, 0.3) is 0 Å². The van der Waals surface area contributed by atoms with Gasteiger partial charge in [-0.2, -0.15) is 0 Å². The minimum absolute atomic E-state index is 0.158. The van der Waals surface area contributed by atoms with Crippen LogP contribution in [-0.2, 0) is 16.6 Å². The maximum Gasteiger partial charge on any atom is 0.314 e. The van der Waals surface area contributed by atoms with Crippen molar-refractivity contribution in [3.8, 4) is 5.75 Å². The van der Waals surface area contributed by atoms with Crippen molar-refractivity contribution in [1.29, 1.82) is 0 Å². The van der Waals surface area contributed by atoms with Crippen molar-refractivity contribution < 1.29 is 14.6 Å². The Hall–Kier alpha value is -1.51. The molecule has 3 heteroatoms. The lowest BCUT2D eigenvalue weighted by Gasteiger charge is -2.34. The maximum absolute atomic E-state index is 11.9. The zero-order valence-corrected chi connectivity index (χ0v) is 11.3. The van der Waals surface area contributed by atoms with E-state index in [0.29, 0.717) is 0 Å². The first kappa shape index (κ1) is 12.5. The molecular formula is C16H20O3. The number of para-hydroxylation sites is 1. The second-order valence-electron chi connectivity index (χ2n) is 5.87. The van der Waals surface area contributed by atoms with E-state index in [2.05, 4.69) is 6.07 Å². The van der Waals surface area contributed by atoms with E-state index < -0.39 is 11.4 Å². The van der Waals surface area contributed by atoms with Gasteiger partial charge in [-0.05, 0) is 25.3 Å². The van der Waals surface area contributed by atoms with E-state index in [-0.39, 0.29) is 6.10 Å². The Morgan fingerprint density at radius 3 is 2.74 bits per heavy atom. The number of carboxylic acid groups (broad SMARTS) is 1. The molecule has 0 radical (unpaired) electrons. The predicted molar refractivity (Wildman–Crippen MR) is 72.6 cm³/mol. The highest BCUT2D eigenvalue weighted by atomic mass is 16.5. The molecule has 1 heterocycles. The summed E-state index contributed by atoms with van der Waals surface area (Å²) in [6.07, 6.45) is 5.63. The van der Waals surface area contributed by atoms with Gasteiger partial charge in [-0.25, -0.2) is 0 Å². The van der Waals surface area contributed by atoms with Crippen molar-refractivity contribution in [1.82, 2.24) is 0 Å². The maximum atomic E-state index is 11.9. The highest BCUT2D eigenvalue weighted by molar-refractivity contribution is 5.83. The van der Waals surface area contributed by atoms with E-state index >= 15 is 0 Å². The van der Waals surface area contributed by atoms with Crippen LogP contribution >= 0.6 is 0 Å². The Kier molecular flexibility index (Phi) is 3.00. The first-order valence-electron chi connectivity index (χ1n) is 7.16. The minimum Gasteiger partial charge on any atom is -0.490 e. The molecular weight excluding hydrogens is 240 g/mol. The monoisotopic (exact) mass is 260 g/mol. The zero-order valence-electron chi connectivity index (χ0n) is 11.3. The Bertz CT molecular complexity index is 501. The molecule has 0 saturated heterocycles. The van der Waals surface area contributed by atoms with Crippen LogP contribution in [-0.4, -0.2) is 17.2 Å². The normalized spacial score (nSPS) is 24.6. The van der Waals surface area contributed by atoms with Gasteiger partial charge in [-0.3, -0.25) is 4.79 Å². The third kappa shape index (κ3) is 1.92. The molecule has 1 atom stereocenters. The molecule has 1 unspecified atom stereocenters. The Morgan fingerprint density at radius 2 is 2.05 bits per heavy atom. The third-order valence-corrected chi connectivity index (χ3v) is 4.56. The first-order valence-corrected chi connectivity index (χ1v) is 7.16. The van der Waals surface area contributed by atoms with E-state index in [1.54, 1.807) is 0 Å². The van der Waals surface area contributed by atoms with E-state index in [0.717, 1.165) is 55.4 Å². The third-order valence-electron chi connectivity index (χ3n) is 4.56. The molecule has 0 aromatic heterocycles. The standard InChI is InChI=1S/C16H20O3/c1-11-10-12-6-5-7-13(14(12)19-11)16(15(17)18)8-3-2-4-9-16/h5-7,11H,2-4,8-10H2,1H3,(H,17,18). The average molecular weight is 260 g/mol. The van der Waals surface area contributed by atoms with Gasteiger partial charge in [0.05, 0.1) is 5.41 Å². The molecule has 2 aliphatic rings. The molecule has 19 heavy (non-hydrogen) atoms. The Labute approximate surface area is 113 Å². The molecule has 1 aliphatic heterocycles. The van der Waals surface area contributed by atoms with Crippen molar-refractivity contribution in [2.45, 2.75) is 57.0 Å². The van der Waals surface area contributed by atoms with E-state index in [1.807, 2.05) is 19.1 Å². The number of benzene rings is 1. The van der Waals surface area contributed by atoms with Gasteiger partial charge in [0, 0.05) is 12.0 Å². The fourth-order valence-corrected chi connectivity index (χ4v) is 3.57. The quantitative estimate of drug-likeness (QED) is 0.887. The predicted octanol–water partition coefficient (Wildman–Crippen LogP) is 3.30. The van der Waals surface area contributed by atoms with Crippen LogP contribution in [0.3, 0.4) is 0 Å². The van der Waals surface area contributed by atoms with E-state index in [1.165, 1.54) is 0 Å². The summed E-state index contributed by atoms with van der Waals surface area (Å²) in [5.74, 6) is 0.156. The van der Waals surface area contributed by atoms with E-state index in [9.17, 15) is 9.90 Å². The summed E-state index contributed by atoms with van der Waals surface area (Å²) in [4.78, 5) is 11.9. The van der Waals surface area contributed by atoms with Crippen LogP contribution in [0.4, 0.5) is 0 Å². The molecule has 102 valence electrons. The molecule has 1 aliphatic carbocycles. The van der Waals surface area contributed by atoms with Gasteiger partial charge >= 0.3 is 5.97 Å². The number of hydrogen-bond donors (Lipinski definition) is 1. The van der Waals surface area contributed by atoms with Crippen molar-refractivity contribution in [3.63, 3.8) is 0 Å². The summed E-state index contributed by atoms with van der Waals surface area (Å²) in [5, 5.41) is 9.78. The summed E-state index contributed by atoms with van der Waals surface area (Å²) in [6, 6.07) is 5.99. The summed E-state index contributed by atoms with van der Waals surface area (Å²) in [6.45, 7) is 2.04. The number of carbonyl (C=O) groups is 1. The van der Waals surface area contributed by atoms with Crippen LogP contribution in [0.5, 0.6) is 5.75 Å². The largest absolute Gasteiger partial charge is 0.490 e. The van der Waals surface area contributed by atoms with Gasteiger partial charge < -0.3 is 9.84 Å². The molecule has 3 rings (SSSR count). The fraction of sp³-hybridized carbons (Fsp3) is 0.562. The average Bonchev–Trinajstić information content (AvgIpc) is 2.79. The van der Waals surface area contributed by atoms with Gasteiger partial charge in [-0.1, -0.05) is 37.5 Å². The lowest BCUT2D eigenvalue weighted by molar-refractivity contribution is -0.145. The molecule has 3 nitrogen and oxygen atoms in total. The van der Waals surface area contributed by atoms with Gasteiger partial charge in [0.1, 0.15) is 11.9 Å². The van der Waals surface area contributed by atoms with Crippen LogP contribution in [0.15, 0.2) is 18.2 Å². The highest BCUT2D eigenvalue weighted by Crippen LogP contribution is 2.46. The second kappa shape index (κ2) is 4.55. The lowest BCUT2D eigenvalue weighted by atomic mass is 9.69. The van der Waals surface area contributed by atoms with Crippen LogP contribution < -0.4 is 4.74 Å². The van der Waals surface area contributed by atoms with Crippen LogP contribution in [0.2, 0.25) is 0 Å². The van der Waals surface area contributed by atoms with E-state index in [4.69, 9.17) is 4.74 Å². The van der Waals surface area contributed by atoms with Gasteiger partial charge in [0.2, 0.25) is 0 Å². The molecule has 1 fully saturated rings. The molecule has 0 spiro atoms. The number of aliphatic carboxylic acids is 1. The number of hydrogen-bond acceptors (Lipinski definition) is 2. The molecule has 0 amide bonds. The molecule has 1 aromatic rings. The van der Waals surface area contributed by atoms with Crippen LogP contribution in [0, 0.1) is 0 Å². The van der Waals surface area contributed by atoms with Crippen molar-refractivity contribution in [3.05, 3.63) is 29.3 Å². The van der Waals surface area contributed by atoms with Crippen LogP contribution in [0.1, 0.15) is 50.2 Å². The highest BCUT2D eigenvalue weighted by Gasteiger charge is 2.44. The van der Waals surface area contributed by atoms with Crippen molar-refractivity contribution >= 4 is 5.97 Å².